The number of rotatable bonds is 4. The number of anilines is 2. The summed E-state index contributed by atoms with van der Waals surface area (Å²) in [6.45, 7) is -0.0983. The lowest BCUT2D eigenvalue weighted by Gasteiger charge is -2.26. The van der Waals surface area contributed by atoms with E-state index in [1.807, 2.05) is 0 Å². The Bertz CT molecular complexity index is 703. The Morgan fingerprint density at radius 2 is 2.13 bits per heavy atom. The van der Waals surface area contributed by atoms with Crippen LogP contribution >= 0.6 is 0 Å². The summed E-state index contributed by atoms with van der Waals surface area (Å²) in [6, 6.07) is 0.266. The number of urea groups is 1. The van der Waals surface area contributed by atoms with Gasteiger partial charge in [0.15, 0.2) is 0 Å². The first-order valence-corrected chi connectivity index (χ1v) is 6.40. The van der Waals surface area contributed by atoms with Crippen molar-refractivity contribution < 1.29 is 24.4 Å². The number of nitrogens with one attached hydrogen (secondary N) is 4. The average Bonchev–Trinajstić information content (AvgIpc) is 2.50. The number of aliphatic carboxylic acids is 1. The molecule has 1 aliphatic rings. The van der Waals surface area contributed by atoms with Crippen LogP contribution in [0, 0.1) is 10.1 Å². The van der Waals surface area contributed by atoms with Crippen molar-refractivity contribution in [3.8, 4) is 0 Å². The molecule has 1 heterocycles. The lowest BCUT2D eigenvalue weighted by Crippen LogP contribution is -2.45. The fourth-order valence-corrected chi connectivity index (χ4v) is 2.05. The van der Waals surface area contributed by atoms with Crippen LogP contribution in [0.3, 0.4) is 0 Å². The van der Waals surface area contributed by atoms with Crippen LogP contribution in [-0.4, -0.2) is 41.0 Å². The number of carbonyl (C=O) groups excluding carboxylic acids is 2. The third-order valence-electron chi connectivity index (χ3n) is 3.14. The zero-order valence-electron chi connectivity index (χ0n) is 11.9. The second-order valence-electron chi connectivity index (χ2n) is 4.62. The number of non-ortho nitro benzene ring substituents is 1. The number of carbonyl (C=O) groups is 3. The monoisotopic (exact) mass is 323 g/mol. The van der Waals surface area contributed by atoms with E-state index in [0.29, 0.717) is 0 Å². The van der Waals surface area contributed by atoms with Crippen molar-refractivity contribution in [2.75, 3.05) is 17.7 Å². The normalized spacial score (nSPS) is 15.7. The first-order chi connectivity index (χ1) is 10.8. The van der Waals surface area contributed by atoms with Crippen LogP contribution in [-0.2, 0) is 16.1 Å². The number of carboxylic acids is 1. The minimum absolute atomic E-state index is 0.0791. The summed E-state index contributed by atoms with van der Waals surface area (Å²) in [5.41, 5.74) is 0.256. The van der Waals surface area contributed by atoms with Gasteiger partial charge in [0.2, 0.25) is 6.04 Å². The molecule has 2 rings (SSSR count). The topological polar surface area (TPSA) is 163 Å². The van der Waals surface area contributed by atoms with Gasteiger partial charge in [-0.1, -0.05) is 0 Å². The van der Waals surface area contributed by atoms with Crippen LogP contribution < -0.4 is 21.3 Å². The number of nitro benzene ring substituents is 1. The van der Waals surface area contributed by atoms with E-state index in [0.717, 1.165) is 6.07 Å². The zero-order valence-corrected chi connectivity index (χ0v) is 11.9. The Hall–Kier alpha value is -3.37. The van der Waals surface area contributed by atoms with Crippen LogP contribution in [0.4, 0.5) is 21.9 Å². The highest BCUT2D eigenvalue weighted by Crippen LogP contribution is 2.34. The summed E-state index contributed by atoms with van der Waals surface area (Å²) < 4.78 is 0. The molecule has 0 fully saturated rings. The predicted octanol–water partition coefficient (Wildman–Crippen LogP) is -0.159. The molecule has 3 amide bonds. The average molecular weight is 323 g/mol. The minimum Gasteiger partial charge on any atom is -0.479 e. The molecule has 0 spiro atoms. The number of hydrogen-bond donors (Lipinski definition) is 5. The molecule has 1 aliphatic heterocycles. The van der Waals surface area contributed by atoms with Gasteiger partial charge in [-0.05, 0) is 0 Å². The fourth-order valence-electron chi connectivity index (χ4n) is 2.05. The largest absolute Gasteiger partial charge is 0.479 e. The summed E-state index contributed by atoms with van der Waals surface area (Å²) in [7, 11) is 1.40. The molecule has 5 N–H and O–H groups in total. The fraction of sp³-hybridized carbons (Fsp3) is 0.250. The van der Waals surface area contributed by atoms with Gasteiger partial charge in [-0.3, -0.25) is 14.9 Å². The molecule has 0 radical (unpaired) electrons. The molecular formula is C12H13N5O6. The van der Waals surface area contributed by atoms with E-state index >= 15 is 0 Å². The van der Waals surface area contributed by atoms with Gasteiger partial charge < -0.3 is 26.4 Å². The van der Waals surface area contributed by atoms with Gasteiger partial charge in [-0.2, -0.15) is 0 Å². The van der Waals surface area contributed by atoms with Crippen LogP contribution in [0.1, 0.15) is 5.56 Å². The van der Waals surface area contributed by atoms with Crippen LogP contribution in [0.25, 0.3) is 0 Å². The molecule has 0 aromatic heterocycles. The molecule has 1 atom stereocenters. The van der Waals surface area contributed by atoms with Gasteiger partial charge in [-0.25, -0.2) is 9.59 Å². The van der Waals surface area contributed by atoms with Gasteiger partial charge >= 0.3 is 12.0 Å². The van der Waals surface area contributed by atoms with Crippen molar-refractivity contribution in [1.82, 2.24) is 10.6 Å². The molecule has 11 heteroatoms. The van der Waals surface area contributed by atoms with Gasteiger partial charge in [0.1, 0.15) is 0 Å². The number of amides is 3. The van der Waals surface area contributed by atoms with E-state index in [9.17, 15) is 24.5 Å². The minimum atomic E-state index is -1.53. The zero-order chi connectivity index (χ0) is 17.1. The maximum absolute atomic E-state index is 11.7. The van der Waals surface area contributed by atoms with Gasteiger partial charge in [0.25, 0.3) is 11.6 Å². The molecule has 122 valence electrons. The van der Waals surface area contributed by atoms with E-state index in [-0.39, 0.29) is 29.2 Å². The van der Waals surface area contributed by atoms with Crippen molar-refractivity contribution in [1.29, 1.82) is 0 Å². The van der Waals surface area contributed by atoms with E-state index in [4.69, 9.17) is 5.11 Å². The number of fused-ring (bicyclic) bond motifs is 1. The molecule has 0 saturated heterocycles. The summed E-state index contributed by atoms with van der Waals surface area (Å²) >= 11 is 0. The van der Waals surface area contributed by atoms with Gasteiger partial charge in [0.05, 0.1) is 16.3 Å². The molecular weight excluding hydrogens is 310 g/mol. The van der Waals surface area contributed by atoms with Crippen molar-refractivity contribution in [2.24, 2.45) is 0 Å². The molecule has 11 nitrogen and oxygen atoms in total. The second kappa shape index (κ2) is 6.17. The van der Waals surface area contributed by atoms with E-state index in [2.05, 4.69) is 21.3 Å². The maximum Gasteiger partial charge on any atom is 0.336 e. The number of nitro groups is 1. The third kappa shape index (κ3) is 3.28. The lowest BCUT2D eigenvalue weighted by atomic mass is 10.0. The number of carboxylic acid groups (broad SMARTS) is 1. The number of hydrogen-bond acceptors (Lipinski definition) is 6. The first-order valence-electron chi connectivity index (χ1n) is 6.40. The highest BCUT2D eigenvalue weighted by atomic mass is 16.6. The second-order valence-corrected chi connectivity index (χ2v) is 4.62. The van der Waals surface area contributed by atoms with Gasteiger partial charge in [-0.15, -0.1) is 0 Å². The Morgan fingerprint density at radius 1 is 1.43 bits per heavy atom. The van der Waals surface area contributed by atoms with Crippen LogP contribution in [0.2, 0.25) is 0 Å². The highest BCUT2D eigenvalue weighted by Gasteiger charge is 2.33. The predicted molar refractivity (Wildman–Crippen MR) is 78.1 cm³/mol. The Kier molecular flexibility index (Phi) is 4.30. The molecule has 0 saturated carbocycles. The van der Waals surface area contributed by atoms with Crippen molar-refractivity contribution in [2.45, 2.75) is 12.6 Å². The Morgan fingerprint density at radius 3 is 2.70 bits per heavy atom. The lowest BCUT2D eigenvalue weighted by molar-refractivity contribution is -0.384. The van der Waals surface area contributed by atoms with Crippen molar-refractivity contribution in [3.63, 3.8) is 0 Å². The highest BCUT2D eigenvalue weighted by molar-refractivity contribution is 6.14. The van der Waals surface area contributed by atoms with Crippen LogP contribution in [0.5, 0.6) is 0 Å². The summed E-state index contributed by atoms with van der Waals surface area (Å²) in [5.74, 6) is -2.23. The number of nitrogens with zero attached hydrogens (tertiary/aromatic N) is 1. The molecule has 1 aromatic carbocycles. The summed E-state index contributed by atoms with van der Waals surface area (Å²) in [4.78, 5) is 44.3. The van der Waals surface area contributed by atoms with Crippen LogP contribution in [0.15, 0.2) is 12.1 Å². The maximum atomic E-state index is 11.7. The van der Waals surface area contributed by atoms with Crippen molar-refractivity contribution in [3.05, 3.63) is 27.8 Å². The van der Waals surface area contributed by atoms with E-state index in [1.165, 1.54) is 13.1 Å². The smallest absolute Gasteiger partial charge is 0.336 e. The molecule has 1 unspecified atom stereocenters. The summed E-state index contributed by atoms with van der Waals surface area (Å²) in [5, 5.41) is 29.6. The molecule has 1 aromatic rings. The first kappa shape index (κ1) is 16.0. The standard InChI is InChI=1S/C12H13N5O6/c1-13-12(21)14-4-5-2-6(17(22)23)3-7-8(5)16-9(11(19)20)10(18)15-7/h2-3,9,16H,4H2,1H3,(H,15,18)(H,19,20)(H2,13,14,21). The van der Waals surface area contributed by atoms with E-state index in [1.54, 1.807) is 0 Å². The number of benzene rings is 1. The third-order valence-corrected chi connectivity index (χ3v) is 3.14. The van der Waals surface area contributed by atoms with Gasteiger partial charge in [0, 0.05) is 31.3 Å². The van der Waals surface area contributed by atoms with Crippen molar-refractivity contribution >= 4 is 35.0 Å². The van der Waals surface area contributed by atoms with E-state index < -0.39 is 28.9 Å². The summed E-state index contributed by atoms with van der Waals surface area (Å²) in [6.07, 6.45) is 0. The Labute approximate surface area is 129 Å². The SMILES string of the molecule is CNC(=O)NCc1cc([N+](=O)[O-])cc2c1NC(C(=O)O)C(=O)N2. The molecule has 0 aliphatic carbocycles. The molecule has 23 heavy (non-hydrogen) atoms. The molecule has 0 bridgehead atoms. The quantitative estimate of drug-likeness (QED) is 0.292. The Balaban J connectivity index is 2.43.